The number of methoxy groups -OCH3 is 1. The summed E-state index contributed by atoms with van der Waals surface area (Å²) in [5.74, 6) is 1.57. The number of carbonyl (C=O) groups is 1. The SMILES string of the molecule is COC(C(=O)CC1CCCCC1)C1CC1. The number of Topliss-reactive ketones (excluding diaryl/α,β-unsaturated/α-hetero) is 1. The third kappa shape index (κ3) is 3.04. The number of carbonyl (C=O) groups excluding carboxylic acids is 1. The highest BCUT2D eigenvalue weighted by molar-refractivity contribution is 5.84. The van der Waals surface area contributed by atoms with Gasteiger partial charge in [-0.15, -0.1) is 0 Å². The second kappa shape index (κ2) is 5.11. The van der Waals surface area contributed by atoms with Crippen molar-refractivity contribution in [3.63, 3.8) is 0 Å². The van der Waals surface area contributed by atoms with Crippen molar-refractivity contribution in [2.75, 3.05) is 7.11 Å². The predicted molar refractivity (Wildman–Crippen MR) is 59.7 cm³/mol. The summed E-state index contributed by atoms with van der Waals surface area (Å²) < 4.78 is 5.33. The number of hydrogen-bond donors (Lipinski definition) is 0. The molecule has 2 fully saturated rings. The minimum Gasteiger partial charge on any atom is -0.373 e. The van der Waals surface area contributed by atoms with E-state index in [9.17, 15) is 4.79 Å². The first-order valence-corrected chi connectivity index (χ1v) is 6.36. The molecule has 2 rings (SSSR count). The molecule has 0 spiro atoms. The smallest absolute Gasteiger partial charge is 0.162 e. The van der Waals surface area contributed by atoms with Crippen LogP contribution in [-0.2, 0) is 9.53 Å². The number of ether oxygens (including phenoxy) is 1. The molecule has 0 radical (unpaired) electrons. The molecule has 0 saturated heterocycles. The summed E-state index contributed by atoms with van der Waals surface area (Å²) in [7, 11) is 1.68. The van der Waals surface area contributed by atoms with Gasteiger partial charge >= 0.3 is 0 Å². The molecule has 1 unspecified atom stereocenters. The first-order chi connectivity index (χ1) is 7.31. The van der Waals surface area contributed by atoms with Crippen molar-refractivity contribution in [1.82, 2.24) is 0 Å². The third-order valence-corrected chi connectivity index (χ3v) is 3.84. The Labute approximate surface area is 92.4 Å². The van der Waals surface area contributed by atoms with Crippen LogP contribution in [0.5, 0.6) is 0 Å². The van der Waals surface area contributed by atoms with Gasteiger partial charge in [0.05, 0.1) is 0 Å². The Morgan fingerprint density at radius 2 is 1.87 bits per heavy atom. The Balaban J connectivity index is 1.78. The summed E-state index contributed by atoms with van der Waals surface area (Å²) in [6.07, 6.45) is 9.59. The number of rotatable bonds is 5. The summed E-state index contributed by atoms with van der Waals surface area (Å²) in [4.78, 5) is 12.0. The predicted octanol–water partition coefficient (Wildman–Crippen LogP) is 2.95. The van der Waals surface area contributed by atoms with E-state index >= 15 is 0 Å². The average molecular weight is 210 g/mol. The van der Waals surface area contributed by atoms with Gasteiger partial charge < -0.3 is 4.74 Å². The molecular formula is C13H22O2. The van der Waals surface area contributed by atoms with Gasteiger partial charge in [-0.25, -0.2) is 0 Å². The van der Waals surface area contributed by atoms with Crippen molar-refractivity contribution in [2.45, 2.75) is 57.5 Å². The van der Waals surface area contributed by atoms with Crippen molar-refractivity contribution in [3.05, 3.63) is 0 Å². The molecule has 86 valence electrons. The van der Waals surface area contributed by atoms with Crippen LogP contribution in [0.25, 0.3) is 0 Å². The molecule has 0 N–H and O–H groups in total. The number of ketones is 1. The van der Waals surface area contributed by atoms with Gasteiger partial charge in [-0.1, -0.05) is 32.1 Å². The van der Waals surface area contributed by atoms with E-state index in [4.69, 9.17) is 4.74 Å². The van der Waals surface area contributed by atoms with Gasteiger partial charge in [0.1, 0.15) is 6.10 Å². The lowest BCUT2D eigenvalue weighted by Gasteiger charge is -2.22. The van der Waals surface area contributed by atoms with Crippen molar-refractivity contribution in [2.24, 2.45) is 11.8 Å². The third-order valence-electron chi connectivity index (χ3n) is 3.84. The fourth-order valence-corrected chi connectivity index (χ4v) is 2.78. The van der Waals surface area contributed by atoms with Crippen LogP contribution in [0.2, 0.25) is 0 Å². The van der Waals surface area contributed by atoms with Gasteiger partial charge in [-0.05, 0) is 24.7 Å². The highest BCUT2D eigenvalue weighted by Gasteiger charge is 2.36. The molecule has 0 heterocycles. The topological polar surface area (TPSA) is 26.3 Å². The van der Waals surface area contributed by atoms with Gasteiger partial charge in [-0.2, -0.15) is 0 Å². The molecule has 2 nitrogen and oxygen atoms in total. The van der Waals surface area contributed by atoms with Crippen LogP contribution in [0.15, 0.2) is 0 Å². The maximum absolute atomic E-state index is 12.0. The quantitative estimate of drug-likeness (QED) is 0.697. The standard InChI is InChI=1S/C13H22O2/c1-15-13(11-7-8-11)12(14)9-10-5-3-2-4-6-10/h10-11,13H,2-9H2,1H3. The molecular weight excluding hydrogens is 188 g/mol. The van der Waals surface area contributed by atoms with E-state index in [2.05, 4.69) is 0 Å². The van der Waals surface area contributed by atoms with E-state index in [1.165, 1.54) is 44.9 Å². The molecule has 0 bridgehead atoms. The summed E-state index contributed by atoms with van der Waals surface area (Å²) in [6, 6.07) is 0. The van der Waals surface area contributed by atoms with Crippen LogP contribution in [0.3, 0.4) is 0 Å². The Morgan fingerprint density at radius 3 is 2.40 bits per heavy atom. The zero-order chi connectivity index (χ0) is 10.7. The summed E-state index contributed by atoms with van der Waals surface area (Å²) in [5.41, 5.74) is 0. The minimum absolute atomic E-state index is 0.0769. The normalized spacial score (nSPS) is 25.1. The van der Waals surface area contributed by atoms with Gasteiger partial charge in [0.2, 0.25) is 0 Å². The highest BCUT2D eigenvalue weighted by Crippen LogP contribution is 2.36. The lowest BCUT2D eigenvalue weighted by atomic mass is 9.84. The minimum atomic E-state index is -0.0769. The second-order valence-electron chi connectivity index (χ2n) is 5.17. The Bertz CT molecular complexity index is 215. The molecule has 2 heteroatoms. The molecule has 2 aliphatic rings. The van der Waals surface area contributed by atoms with Crippen LogP contribution in [0, 0.1) is 11.8 Å². The van der Waals surface area contributed by atoms with E-state index in [0.717, 1.165) is 6.42 Å². The van der Waals surface area contributed by atoms with Gasteiger partial charge in [0.15, 0.2) is 5.78 Å². The molecule has 2 saturated carbocycles. The Hall–Kier alpha value is -0.370. The van der Waals surface area contributed by atoms with Crippen LogP contribution in [-0.4, -0.2) is 19.0 Å². The fraction of sp³-hybridized carbons (Fsp3) is 0.923. The van der Waals surface area contributed by atoms with Crippen molar-refractivity contribution in [1.29, 1.82) is 0 Å². The summed E-state index contributed by atoms with van der Waals surface area (Å²) in [5, 5.41) is 0. The van der Waals surface area contributed by atoms with E-state index < -0.39 is 0 Å². The van der Waals surface area contributed by atoms with Gasteiger partial charge in [0.25, 0.3) is 0 Å². The van der Waals surface area contributed by atoms with E-state index in [-0.39, 0.29) is 6.10 Å². The maximum Gasteiger partial charge on any atom is 0.162 e. The zero-order valence-corrected chi connectivity index (χ0v) is 9.71. The second-order valence-corrected chi connectivity index (χ2v) is 5.17. The first kappa shape index (κ1) is 11.1. The van der Waals surface area contributed by atoms with Gasteiger partial charge in [-0.3, -0.25) is 4.79 Å². The lowest BCUT2D eigenvalue weighted by molar-refractivity contribution is -0.131. The van der Waals surface area contributed by atoms with Gasteiger partial charge in [0, 0.05) is 13.5 Å². The van der Waals surface area contributed by atoms with Crippen molar-refractivity contribution >= 4 is 5.78 Å². The van der Waals surface area contributed by atoms with E-state index in [0.29, 0.717) is 17.6 Å². The monoisotopic (exact) mass is 210 g/mol. The maximum atomic E-state index is 12.0. The molecule has 0 aromatic heterocycles. The molecule has 0 aromatic carbocycles. The van der Waals surface area contributed by atoms with E-state index in [1.54, 1.807) is 7.11 Å². The van der Waals surface area contributed by atoms with Crippen LogP contribution in [0.4, 0.5) is 0 Å². The molecule has 15 heavy (non-hydrogen) atoms. The average Bonchev–Trinajstić information content (AvgIpc) is 3.04. The van der Waals surface area contributed by atoms with E-state index in [1.807, 2.05) is 0 Å². The van der Waals surface area contributed by atoms with Crippen molar-refractivity contribution < 1.29 is 9.53 Å². The molecule has 2 aliphatic carbocycles. The number of hydrogen-bond acceptors (Lipinski definition) is 2. The van der Waals surface area contributed by atoms with Crippen LogP contribution in [0.1, 0.15) is 51.4 Å². The fourth-order valence-electron chi connectivity index (χ4n) is 2.78. The van der Waals surface area contributed by atoms with Crippen LogP contribution >= 0.6 is 0 Å². The lowest BCUT2D eigenvalue weighted by Crippen LogP contribution is -2.27. The van der Waals surface area contributed by atoms with Crippen LogP contribution < -0.4 is 0 Å². The molecule has 0 aliphatic heterocycles. The summed E-state index contributed by atoms with van der Waals surface area (Å²) >= 11 is 0. The van der Waals surface area contributed by atoms with Crippen molar-refractivity contribution in [3.8, 4) is 0 Å². The first-order valence-electron chi connectivity index (χ1n) is 6.36. The summed E-state index contributed by atoms with van der Waals surface area (Å²) in [6.45, 7) is 0. The molecule has 0 amide bonds. The largest absolute Gasteiger partial charge is 0.373 e. The zero-order valence-electron chi connectivity index (χ0n) is 9.71. The Kier molecular flexibility index (Phi) is 3.79. The Morgan fingerprint density at radius 1 is 1.20 bits per heavy atom. The molecule has 1 atom stereocenters. The molecule has 0 aromatic rings. The highest BCUT2D eigenvalue weighted by atomic mass is 16.5.